The lowest BCUT2D eigenvalue weighted by Crippen LogP contribution is -2.66. The summed E-state index contributed by atoms with van der Waals surface area (Å²) < 4.78 is 25.2. The smallest absolute Gasteiger partial charge is 0.353 e. The molecule has 12 heteroatoms. The summed E-state index contributed by atoms with van der Waals surface area (Å²) in [6.45, 7) is 3.86. The van der Waals surface area contributed by atoms with Gasteiger partial charge in [-0.15, -0.1) is 11.8 Å². The van der Waals surface area contributed by atoms with E-state index in [-0.39, 0.29) is 28.8 Å². The molecule has 3 aliphatic heterocycles. The number of alkyl halides is 2. The van der Waals surface area contributed by atoms with E-state index in [0.29, 0.717) is 17.9 Å². The van der Waals surface area contributed by atoms with Crippen molar-refractivity contribution >= 4 is 35.5 Å². The van der Waals surface area contributed by atoms with Crippen LogP contribution in [-0.2, 0) is 19.2 Å². The van der Waals surface area contributed by atoms with Crippen LogP contribution >= 0.6 is 11.8 Å². The van der Waals surface area contributed by atoms with Crippen LogP contribution in [0.3, 0.4) is 0 Å². The minimum Gasteiger partial charge on any atom is -0.477 e. The highest BCUT2D eigenvalue weighted by molar-refractivity contribution is 8.03. The normalized spacial score (nSPS) is 30.9. The molecule has 0 aliphatic carbocycles. The number of β-lactam (4-membered cyclic amide) rings is 1. The molecular weight excluding hydrogens is 446 g/mol. The van der Waals surface area contributed by atoms with Crippen molar-refractivity contribution in [3.8, 4) is 0 Å². The first-order valence-corrected chi connectivity index (χ1v) is 11.2. The summed E-state index contributed by atoms with van der Waals surface area (Å²) in [6.07, 6.45) is -2.65. The number of carboxylic acids is 1. The molecule has 0 spiro atoms. The Morgan fingerprint density at radius 1 is 1.28 bits per heavy atom. The van der Waals surface area contributed by atoms with Gasteiger partial charge in [-0.05, 0) is 20.4 Å². The van der Waals surface area contributed by atoms with Crippen LogP contribution in [0.2, 0.25) is 0 Å². The van der Waals surface area contributed by atoms with Crippen LogP contribution in [-0.4, -0.2) is 101 Å². The Balaban J connectivity index is 1.78. The molecule has 32 heavy (non-hydrogen) atoms. The largest absolute Gasteiger partial charge is 0.477 e. The summed E-state index contributed by atoms with van der Waals surface area (Å²) in [5.41, 5.74) is -0.0915. The molecule has 3 rings (SSSR count). The van der Waals surface area contributed by atoms with Crippen LogP contribution in [0, 0.1) is 11.8 Å². The van der Waals surface area contributed by atoms with Gasteiger partial charge in [-0.2, -0.15) is 8.78 Å². The Bertz CT molecular complexity index is 867. The number of likely N-dealkylation sites (N-methyl/N-ethyl adjacent to an activating group) is 2. The Kier molecular flexibility index (Phi) is 6.85. The second-order valence-corrected chi connectivity index (χ2v) is 10.1. The Morgan fingerprint density at radius 2 is 1.91 bits per heavy atom. The maximum absolute atomic E-state index is 12.8. The summed E-state index contributed by atoms with van der Waals surface area (Å²) in [5, 5.41) is 11.9. The van der Waals surface area contributed by atoms with E-state index < -0.39 is 42.2 Å². The van der Waals surface area contributed by atoms with Crippen LogP contribution in [0.4, 0.5) is 8.78 Å². The predicted octanol–water partition coefficient (Wildman–Crippen LogP) is 0.423. The first kappa shape index (κ1) is 24.4. The molecule has 0 saturated carbocycles. The summed E-state index contributed by atoms with van der Waals surface area (Å²) >= 11 is 1.36. The Hall–Kier alpha value is -2.21. The van der Waals surface area contributed by atoms with Crippen molar-refractivity contribution in [1.29, 1.82) is 0 Å². The standard InChI is InChI=1S/C20H28F2N4O5S/c1-8-13-12(9(2)23-17(27)16(21)22)19(29)26(13)14(20(30)31)15(8)32-10-6-11(25(5)7-10)18(28)24(3)4/h8-13,16H,6-7H2,1-5H3,(H,23,27)(H,30,31)/t8-,9?,10+,11+,12-,13-/m1/s1. The first-order chi connectivity index (χ1) is 14.9. The highest BCUT2D eigenvalue weighted by Gasteiger charge is 2.60. The molecule has 3 amide bonds. The van der Waals surface area contributed by atoms with Crippen molar-refractivity contribution in [2.24, 2.45) is 11.8 Å². The zero-order chi connectivity index (χ0) is 24.1. The van der Waals surface area contributed by atoms with E-state index in [4.69, 9.17) is 0 Å². The molecule has 2 fully saturated rings. The number of halogens is 2. The van der Waals surface area contributed by atoms with Crippen LogP contribution in [0.1, 0.15) is 20.3 Å². The number of carboxylic acid groups (broad SMARTS) is 1. The second kappa shape index (κ2) is 8.97. The third-order valence-corrected chi connectivity index (χ3v) is 7.92. The maximum atomic E-state index is 12.8. The molecule has 9 nitrogen and oxygen atoms in total. The van der Waals surface area contributed by atoms with Gasteiger partial charge in [-0.3, -0.25) is 19.3 Å². The molecule has 0 aromatic rings. The fourth-order valence-corrected chi connectivity index (χ4v) is 6.48. The fourth-order valence-electron chi connectivity index (χ4n) is 4.88. The lowest BCUT2D eigenvalue weighted by atomic mass is 9.78. The molecule has 3 aliphatic rings. The average molecular weight is 475 g/mol. The molecule has 6 atom stereocenters. The highest BCUT2D eigenvalue weighted by Crippen LogP contribution is 2.52. The monoisotopic (exact) mass is 474 g/mol. The molecule has 178 valence electrons. The molecule has 2 N–H and O–H groups in total. The number of amides is 3. The summed E-state index contributed by atoms with van der Waals surface area (Å²) in [7, 11) is 5.22. The number of thioether (sulfide) groups is 1. The van der Waals surface area contributed by atoms with Crippen molar-refractivity contribution in [2.45, 2.75) is 50.1 Å². The summed E-state index contributed by atoms with van der Waals surface area (Å²) in [6, 6.07) is -1.68. The van der Waals surface area contributed by atoms with Gasteiger partial charge in [-0.25, -0.2) is 4.79 Å². The fraction of sp³-hybridized carbons (Fsp3) is 0.700. The van der Waals surface area contributed by atoms with Gasteiger partial charge in [-0.1, -0.05) is 6.92 Å². The number of fused-ring (bicyclic) bond motifs is 1. The minimum atomic E-state index is -3.19. The molecule has 3 heterocycles. The molecule has 0 aromatic heterocycles. The summed E-state index contributed by atoms with van der Waals surface area (Å²) in [4.78, 5) is 53.8. The third kappa shape index (κ3) is 4.09. The van der Waals surface area contributed by atoms with E-state index in [0.717, 1.165) is 0 Å². The molecule has 1 unspecified atom stereocenters. The van der Waals surface area contributed by atoms with Crippen LogP contribution < -0.4 is 5.32 Å². The van der Waals surface area contributed by atoms with Gasteiger partial charge >= 0.3 is 12.4 Å². The van der Waals surface area contributed by atoms with Crippen LogP contribution in [0.15, 0.2) is 10.6 Å². The Labute approximate surface area is 189 Å². The van der Waals surface area contributed by atoms with Crippen LogP contribution in [0.25, 0.3) is 0 Å². The highest BCUT2D eigenvalue weighted by atomic mass is 32.2. The second-order valence-electron chi connectivity index (χ2n) is 8.79. The van der Waals surface area contributed by atoms with E-state index in [1.807, 2.05) is 11.9 Å². The maximum Gasteiger partial charge on any atom is 0.353 e. The van der Waals surface area contributed by atoms with E-state index in [1.165, 1.54) is 28.5 Å². The van der Waals surface area contributed by atoms with Gasteiger partial charge < -0.3 is 20.2 Å². The molecular formula is C20H28F2N4O5S. The number of aliphatic carboxylic acids is 1. The van der Waals surface area contributed by atoms with Crippen molar-refractivity contribution < 1.29 is 33.1 Å². The number of nitrogens with zero attached hydrogens (tertiary/aromatic N) is 3. The van der Waals surface area contributed by atoms with Gasteiger partial charge in [0.15, 0.2) is 0 Å². The average Bonchev–Trinajstić information content (AvgIpc) is 3.17. The third-order valence-electron chi connectivity index (χ3n) is 6.43. The number of carbonyl (C=O) groups is 4. The number of nitrogens with one attached hydrogen (secondary N) is 1. The molecule has 0 radical (unpaired) electrons. The van der Waals surface area contributed by atoms with E-state index in [1.54, 1.807) is 21.0 Å². The number of rotatable bonds is 7. The number of likely N-dealkylation sites (tertiary alicyclic amines) is 1. The topological polar surface area (TPSA) is 110 Å². The lowest BCUT2D eigenvalue weighted by Gasteiger charge is -2.47. The van der Waals surface area contributed by atoms with Gasteiger partial charge in [0.05, 0.1) is 18.0 Å². The van der Waals surface area contributed by atoms with Crippen molar-refractivity contribution in [1.82, 2.24) is 20.0 Å². The SMILES string of the molecule is CC(NC(=O)C(F)F)[C@H]1C(=O)N2C(C(=O)O)=C(S[C@H]3C[C@@H](C(=O)N(C)C)N(C)C3)[C@H](C)[C@H]12. The molecule has 2 saturated heterocycles. The molecule has 0 bridgehead atoms. The predicted molar refractivity (Wildman–Crippen MR) is 113 cm³/mol. The van der Waals surface area contributed by atoms with Gasteiger partial charge in [0.25, 0.3) is 5.91 Å². The van der Waals surface area contributed by atoms with E-state index in [2.05, 4.69) is 5.32 Å². The number of carbonyl (C=O) groups excluding carboxylic acids is 3. The minimum absolute atomic E-state index is 0.0230. The summed E-state index contributed by atoms with van der Waals surface area (Å²) in [5.74, 6) is -4.33. The van der Waals surface area contributed by atoms with Crippen LogP contribution in [0.5, 0.6) is 0 Å². The number of hydrogen-bond donors (Lipinski definition) is 2. The number of hydrogen-bond acceptors (Lipinski definition) is 6. The molecule has 0 aromatic carbocycles. The first-order valence-electron chi connectivity index (χ1n) is 10.3. The van der Waals surface area contributed by atoms with Gasteiger partial charge in [0.1, 0.15) is 5.70 Å². The van der Waals surface area contributed by atoms with Gasteiger partial charge in [0, 0.05) is 42.8 Å². The van der Waals surface area contributed by atoms with Crippen molar-refractivity contribution in [3.63, 3.8) is 0 Å². The van der Waals surface area contributed by atoms with E-state index in [9.17, 15) is 33.1 Å². The zero-order valence-corrected chi connectivity index (χ0v) is 19.4. The lowest BCUT2D eigenvalue weighted by molar-refractivity contribution is -0.159. The quantitative estimate of drug-likeness (QED) is 0.515. The van der Waals surface area contributed by atoms with Crippen molar-refractivity contribution in [3.05, 3.63) is 10.6 Å². The van der Waals surface area contributed by atoms with Gasteiger partial charge in [0.2, 0.25) is 11.8 Å². The van der Waals surface area contributed by atoms with E-state index >= 15 is 0 Å². The van der Waals surface area contributed by atoms with Crippen molar-refractivity contribution in [2.75, 3.05) is 27.7 Å². The zero-order valence-electron chi connectivity index (χ0n) is 18.5. The Morgan fingerprint density at radius 3 is 2.44 bits per heavy atom.